The monoisotopic (exact) mass is 214 g/mol. The van der Waals surface area contributed by atoms with Gasteiger partial charge in [-0.3, -0.25) is 4.79 Å². The van der Waals surface area contributed by atoms with Crippen LogP contribution in [0.15, 0.2) is 40.8 Å². The van der Waals surface area contributed by atoms with E-state index in [2.05, 4.69) is 0 Å². The number of aryl methyl sites for hydroxylation is 2. The second-order valence-corrected chi connectivity index (χ2v) is 4.00. The second kappa shape index (κ2) is 4.35. The van der Waals surface area contributed by atoms with E-state index in [1.165, 1.54) is 5.56 Å². The van der Waals surface area contributed by atoms with Gasteiger partial charge in [0.25, 0.3) is 0 Å². The lowest BCUT2D eigenvalue weighted by atomic mass is 10.1. The fraction of sp³-hybridized carbons (Fsp3) is 0.214. The normalized spacial score (nSPS) is 10.4. The molecule has 0 aliphatic heterocycles. The lowest BCUT2D eigenvalue weighted by Crippen LogP contribution is -2.01. The van der Waals surface area contributed by atoms with Crippen LogP contribution in [0.5, 0.6) is 0 Å². The van der Waals surface area contributed by atoms with Gasteiger partial charge in [-0.05, 0) is 31.5 Å². The highest BCUT2D eigenvalue weighted by atomic mass is 16.3. The smallest absolute Gasteiger partial charge is 0.202 e. The largest absolute Gasteiger partial charge is 0.458 e. The van der Waals surface area contributed by atoms with Gasteiger partial charge in [0, 0.05) is 6.42 Å². The van der Waals surface area contributed by atoms with Crippen molar-refractivity contribution in [3.63, 3.8) is 0 Å². The number of carbonyl (C=O) groups is 1. The summed E-state index contributed by atoms with van der Waals surface area (Å²) in [6.45, 7) is 3.87. The van der Waals surface area contributed by atoms with Crippen LogP contribution in [0.1, 0.15) is 27.4 Å². The summed E-state index contributed by atoms with van der Waals surface area (Å²) >= 11 is 0. The van der Waals surface area contributed by atoms with Crippen LogP contribution >= 0.6 is 0 Å². The van der Waals surface area contributed by atoms with Crippen molar-refractivity contribution in [1.29, 1.82) is 0 Å². The summed E-state index contributed by atoms with van der Waals surface area (Å²) in [6.07, 6.45) is 0.396. The molecule has 16 heavy (non-hydrogen) atoms. The molecular weight excluding hydrogens is 200 g/mol. The zero-order valence-electron chi connectivity index (χ0n) is 9.49. The van der Waals surface area contributed by atoms with Gasteiger partial charge in [-0.25, -0.2) is 0 Å². The first-order valence-corrected chi connectivity index (χ1v) is 5.30. The minimum atomic E-state index is 0.0250. The van der Waals surface area contributed by atoms with Crippen molar-refractivity contribution >= 4 is 5.78 Å². The number of carbonyl (C=O) groups excluding carboxylic acids is 1. The number of hydrogen-bond donors (Lipinski definition) is 0. The van der Waals surface area contributed by atoms with E-state index in [1.54, 1.807) is 6.07 Å². The predicted molar refractivity (Wildman–Crippen MR) is 62.7 cm³/mol. The van der Waals surface area contributed by atoms with E-state index in [0.29, 0.717) is 12.2 Å². The van der Waals surface area contributed by atoms with Gasteiger partial charge >= 0.3 is 0 Å². The average molecular weight is 214 g/mol. The molecule has 0 saturated carbocycles. The summed E-state index contributed by atoms with van der Waals surface area (Å²) in [6, 6.07) is 11.5. The lowest BCUT2D eigenvalue weighted by molar-refractivity contribution is 0.0965. The SMILES string of the molecule is Cc1ccc(CC(=O)c2ccc(C)o2)cc1. The molecule has 2 nitrogen and oxygen atoms in total. The van der Waals surface area contributed by atoms with E-state index >= 15 is 0 Å². The summed E-state index contributed by atoms with van der Waals surface area (Å²) in [4.78, 5) is 11.8. The molecule has 2 heteroatoms. The molecule has 0 unspecified atom stereocenters. The van der Waals surface area contributed by atoms with Crippen LogP contribution in [0.4, 0.5) is 0 Å². The number of Topliss-reactive ketones (excluding diaryl/α,β-unsaturated/α-hetero) is 1. The van der Waals surface area contributed by atoms with Crippen molar-refractivity contribution in [3.05, 3.63) is 59.0 Å². The van der Waals surface area contributed by atoms with E-state index < -0.39 is 0 Å². The van der Waals surface area contributed by atoms with Crippen molar-refractivity contribution in [2.45, 2.75) is 20.3 Å². The maximum absolute atomic E-state index is 11.8. The molecule has 0 aliphatic rings. The van der Waals surface area contributed by atoms with Crippen LogP contribution in [-0.2, 0) is 6.42 Å². The molecule has 2 aromatic rings. The summed E-state index contributed by atoms with van der Waals surface area (Å²) in [5, 5.41) is 0. The summed E-state index contributed by atoms with van der Waals surface area (Å²) in [5.74, 6) is 1.24. The third-order valence-electron chi connectivity index (χ3n) is 2.50. The minimum absolute atomic E-state index is 0.0250. The van der Waals surface area contributed by atoms with Gasteiger partial charge < -0.3 is 4.42 Å². The average Bonchev–Trinajstić information content (AvgIpc) is 2.68. The molecule has 0 N–H and O–H groups in total. The number of furan rings is 1. The van der Waals surface area contributed by atoms with Crippen molar-refractivity contribution in [2.24, 2.45) is 0 Å². The first-order valence-electron chi connectivity index (χ1n) is 5.30. The van der Waals surface area contributed by atoms with Gasteiger partial charge in [0.2, 0.25) is 5.78 Å². The standard InChI is InChI=1S/C14H14O2/c1-10-3-6-12(7-4-10)9-13(15)14-8-5-11(2)16-14/h3-8H,9H2,1-2H3. The molecule has 0 spiro atoms. The topological polar surface area (TPSA) is 30.2 Å². The van der Waals surface area contributed by atoms with Crippen LogP contribution < -0.4 is 0 Å². The molecule has 1 aromatic carbocycles. The first kappa shape index (κ1) is 10.7. The van der Waals surface area contributed by atoms with Crippen LogP contribution in [0, 0.1) is 13.8 Å². The molecule has 0 aliphatic carbocycles. The Hall–Kier alpha value is -1.83. The Balaban J connectivity index is 2.10. The third-order valence-corrected chi connectivity index (χ3v) is 2.50. The highest BCUT2D eigenvalue weighted by Gasteiger charge is 2.10. The van der Waals surface area contributed by atoms with E-state index in [-0.39, 0.29) is 5.78 Å². The Morgan fingerprint density at radius 1 is 1.06 bits per heavy atom. The van der Waals surface area contributed by atoms with Gasteiger partial charge in [-0.15, -0.1) is 0 Å². The summed E-state index contributed by atoms with van der Waals surface area (Å²) in [7, 11) is 0. The predicted octanol–water partition coefficient (Wildman–Crippen LogP) is 3.32. The molecule has 0 radical (unpaired) electrons. The van der Waals surface area contributed by atoms with Gasteiger partial charge in [0.05, 0.1) is 0 Å². The van der Waals surface area contributed by atoms with Gasteiger partial charge in [0.1, 0.15) is 5.76 Å². The highest BCUT2D eigenvalue weighted by molar-refractivity contribution is 5.95. The molecule has 0 saturated heterocycles. The van der Waals surface area contributed by atoms with Crippen molar-refractivity contribution < 1.29 is 9.21 Å². The van der Waals surface area contributed by atoms with Gasteiger partial charge in [-0.2, -0.15) is 0 Å². The first-order chi connectivity index (χ1) is 7.65. The molecule has 1 heterocycles. The van der Waals surface area contributed by atoms with Crippen molar-refractivity contribution in [2.75, 3.05) is 0 Å². The van der Waals surface area contributed by atoms with Crippen LogP contribution in [-0.4, -0.2) is 5.78 Å². The Kier molecular flexibility index (Phi) is 2.91. The number of hydrogen-bond acceptors (Lipinski definition) is 2. The van der Waals surface area contributed by atoms with Crippen LogP contribution in [0.25, 0.3) is 0 Å². The van der Waals surface area contributed by atoms with Crippen molar-refractivity contribution in [3.8, 4) is 0 Å². The maximum Gasteiger partial charge on any atom is 0.202 e. The van der Waals surface area contributed by atoms with Gasteiger partial charge in [0.15, 0.2) is 5.76 Å². The second-order valence-electron chi connectivity index (χ2n) is 4.00. The Morgan fingerprint density at radius 3 is 2.31 bits per heavy atom. The number of ketones is 1. The van der Waals surface area contributed by atoms with Crippen molar-refractivity contribution in [1.82, 2.24) is 0 Å². The molecule has 0 atom stereocenters. The molecule has 82 valence electrons. The highest BCUT2D eigenvalue weighted by Crippen LogP contribution is 2.11. The zero-order chi connectivity index (χ0) is 11.5. The quantitative estimate of drug-likeness (QED) is 0.734. The lowest BCUT2D eigenvalue weighted by Gasteiger charge is -1.99. The Bertz CT molecular complexity index is 492. The number of benzene rings is 1. The van der Waals surface area contributed by atoms with Crippen LogP contribution in [0.3, 0.4) is 0 Å². The fourth-order valence-corrected chi connectivity index (χ4v) is 1.56. The third kappa shape index (κ3) is 2.40. The molecule has 1 aromatic heterocycles. The molecular formula is C14H14O2. The molecule has 0 fully saturated rings. The molecule has 2 rings (SSSR count). The maximum atomic E-state index is 11.8. The number of rotatable bonds is 3. The summed E-state index contributed by atoms with van der Waals surface area (Å²) < 4.78 is 5.29. The fourth-order valence-electron chi connectivity index (χ4n) is 1.56. The Labute approximate surface area is 94.9 Å². The minimum Gasteiger partial charge on any atom is -0.458 e. The van der Waals surface area contributed by atoms with Gasteiger partial charge in [-0.1, -0.05) is 29.8 Å². The van der Waals surface area contributed by atoms with E-state index in [9.17, 15) is 4.79 Å². The Morgan fingerprint density at radius 2 is 1.75 bits per heavy atom. The molecule has 0 amide bonds. The zero-order valence-corrected chi connectivity index (χ0v) is 9.49. The van der Waals surface area contributed by atoms with E-state index in [0.717, 1.165) is 11.3 Å². The summed E-state index contributed by atoms with van der Waals surface area (Å²) in [5.41, 5.74) is 2.22. The van der Waals surface area contributed by atoms with Crippen LogP contribution in [0.2, 0.25) is 0 Å². The van der Waals surface area contributed by atoms with E-state index in [1.807, 2.05) is 44.2 Å². The van der Waals surface area contributed by atoms with E-state index in [4.69, 9.17) is 4.42 Å². The molecule has 0 bridgehead atoms.